The molecule has 2 atom stereocenters. The summed E-state index contributed by atoms with van der Waals surface area (Å²) < 4.78 is 19.6. The fourth-order valence-electron chi connectivity index (χ4n) is 4.32. The number of carbonyl (C=O) groups excluding carboxylic acids is 1. The average Bonchev–Trinajstić information content (AvgIpc) is 2.68. The summed E-state index contributed by atoms with van der Waals surface area (Å²) >= 11 is 0. The van der Waals surface area contributed by atoms with Gasteiger partial charge in [-0.2, -0.15) is 0 Å². The number of aliphatic hydroxyl groups is 1. The number of nitrogens with zero attached hydrogens (tertiary/aromatic N) is 1. The molecule has 2 heterocycles. The first-order valence-electron chi connectivity index (χ1n) is 9.64. The number of hydrogen-bond donors (Lipinski definition) is 2. The van der Waals surface area contributed by atoms with Crippen molar-refractivity contribution >= 4 is 5.91 Å². The second-order valence-corrected chi connectivity index (χ2v) is 7.75. The van der Waals surface area contributed by atoms with Gasteiger partial charge in [0.2, 0.25) is 0 Å². The number of piperidine rings is 1. The highest BCUT2D eigenvalue weighted by Crippen LogP contribution is 2.43. The molecule has 2 fully saturated rings. The van der Waals surface area contributed by atoms with Gasteiger partial charge in [0.15, 0.2) is 0 Å². The fraction of sp³-hybridized carbons (Fsp3) is 0.409. The van der Waals surface area contributed by atoms with Gasteiger partial charge < -0.3 is 19.8 Å². The standard InChI is InChI=1S/C22H24FNO4/c23-16-6-7-18(19(26)12-16)21(27)24-10-8-22(9-11-24)14-17(25)13-20(28-22)15-4-2-1-3-5-15/h1-7,12,17,20,25-26H,8-11,13-14H2/t17-,20+/m0/s1. The van der Waals surface area contributed by atoms with Crippen molar-refractivity contribution in [2.24, 2.45) is 0 Å². The molecule has 5 nitrogen and oxygen atoms in total. The van der Waals surface area contributed by atoms with E-state index in [1.54, 1.807) is 4.90 Å². The first kappa shape index (κ1) is 18.9. The predicted octanol–water partition coefficient (Wildman–Crippen LogP) is 3.42. The van der Waals surface area contributed by atoms with Crippen LogP contribution in [0.25, 0.3) is 0 Å². The molecule has 2 saturated heterocycles. The van der Waals surface area contributed by atoms with Crippen LogP contribution in [0.2, 0.25) is 0 Å². The Hall–Kier alpha value is -2.44. The van der Waals surface area contributed by atoms with Crippen LogP contribution in [-0.4, -0.2) is 45.8 Å². The smallest absolute Gasteiger partial charge is 0.257 e. The largest absolute Gasteiger partial charge is 0.507 e. The molecule has 2 aliphatic heterocycles. The van der Waals surface area contributed by atoms with E-state index in [1.165, 1.54) is 12.1 Å². The highest BCUT2D eigenvalue weighted by atomic mass is 19.1. The van der Waals surface area contributed by atoms with E-state index in [0.29, 0.717) is 38.8 Å². The van der Waals surface area contributed by atoms with Gasteiger partial charge in [-0.3, -0.25) is 4.79 Å². The lowest BCUT2D eigenvalue weighted by molar-refractivity contribution is -0.181. The molecule has 6 heteroatoms. The summed E-state index contributed by atoms with van der Waals surface area (Å²) in [6.45, 7) is 0.924. The molecule has 0 saturated carbocycles. The molecule has 0 aromatic heterocycles. The topological polar surface area (TPSA) is 70.0 Å². The molecular weight excluding hydrogens is 361 g/mol. The molecule has 1 spiro atoms. The summed E-state index contributed by atoms with van der Waals surface area (Å²) in [7, 11) is 0. The first-order chi connectivity index (χ1) is 13.5. The lowest BCUT2D eigenvalue weighted by Gasteiger charge is -2.48. The van der Waals surface area contributed by atoms with Gasteiger partial charge in [0.05, 0.1) is 23.4 Å². The minimum Gasteiger partial charge on any atom is -0.507 e. The van der Waals surface area contributed by atoms with Crippen LogP contribution in [0.5, 0.6) is 5.75 Å². The first-order valence-corrected chi connectivity index (χ1v) is 9.64. The van der Waals surface area contributed by atoms with Crippen molar-refractivity contribution in [2.45, 2.75) is 43.5 Å². The van der Waals surface area contributed by atoms with Gasteiger partial charge in [0.1, 0.15) is 11.6 Å². The Balaban J connectivity index is 1.45. The number of halogens is 1. The Morgan fingerprint density at radius 3 is 2.54 bits per heavy atom. The number of phenolic OH excluding ortho intramolecular Hbond substituents is 1. The monoisotopic (exact) mass is 385 g/mol. The second kappa shape index (κ2) is 7.53. The van der Waals surface area contributed by atoms with Gasteiger partial charge in [-0.1, -0.05) is 30.3 Å². The molecule has 1 amide bonds. The molecular formula is C22H24FNO4. The van der Waals surface area contributed by atoms with Crippen molar-refractivity contribution in [1.82, 2.24) is 4.90 Å². The van der Waals surface area contributed by atoms with Gasteiger partial charge in [0.25, 0.3) is 5.91 Å². The zero-order valence-electron chi connectivity index (χ0n) is 15.6. The number of ether oxygens (including phenoxy) is 1. The third-order valence-corrected chi connectivity index (χ3v) is 5.81. The summed E-state index contributed by atoms with van der Waals surface area (Å²) in [4.78, 5) is 14.4. The van der Waals surface area contributed by atoms with Crippen LogP contribution in [0.15, 0.2) is 48.5 Å². The fourth-order valence-corrected chi connectivity index (χ4v) is 4.32. The van der Waals surface area contributed by atoms with E-state index in [2.05, 4.69) is 0 Å². The number of phenols is 1. The van der Waals surface area contributed by atoms with E-state index in [9.17, 15) is 19.4 Å². The lowest BCUT2D eigenvalue weighted by Crippen LogP contribution is -2.52. The highest BCUT2D eigenvalue weighted by Gasteiger charge is 2.44. The Labute approximate surface area is 163 Å². The summed E-state index contributed by atoms with van der Waals surface area (Å²) in [5, 5.41) is 20.3. The molecule has 0 radical (unpaired) electrons. The van der Waals surface area contributed by atoms with Crippen molar-refractivity contribution in [3.63, 3.8) is 0 Å². The summed E-state index contributed by atoms with van der Waals surface area (Å²) in [6, 6.07) is 13.3. The van der Waals surface area contributed by atoms with Crippen molar-refractivity contribution in [2.75, 3.05) is 13.1 Å². The molecule has 28 heavy (non-hydrogen) atoms. The van der Waals surface area contributed by atoms with Crippen molar-refractivity contribution in [1.29, 1.82) is 0 Å². The number of rotatable bonds is 2. The second-order valence-electron chi connectivity index (χ2n) is 7.75. The van der Waals surface area contributed by atoms with Gasteiger partial charge in [-0.25, -0.2) is 4.39 Å². The van der Waals surface area contributed by atoms with Crippen LogP contribution < -0.4 is 0 Å². The molecule has 148 valence electrons. The van der Waals surface area contributed by atoms with Gasteiger partial charge in [-0.15, -0.1) is 0 Å². The molecule has 4 rings (SSSR count). The van der Waals surface area contributed by atoms with E-state index in [-0.39, 0.29) is 23.3 Å². The van der Waals surface area contributed by atoms with E-state index in [4.69, 9.17) is 4.74 Å². The zero-order valence-corrected chi connectivity index (χ0v) is 15.6. The van der Waals surface area contributed by atoms with Gasteiger partial charge in [-0.05, 0) is 30.5 Å². The quantitative estimate of drug-likeness (QED) is 0.831. The van der Waals surface area contributed by atoms with Crippen LogP contribution in [0.3, 0.4) is 0 Å². The maximum atomic E-state index is 13.2. The van der Waals surface area contributed by atoms with E-state index in [1.807, 2.05) is 30.3 Å². The zero-order chi connectivity index (χ0) is 19.7. The molecule has 2 N–H and O–H groups in total. The molecule has 0 bridgehead atoms. The minimum atomic E-state index is -0.580. The Morgan fingerprint density at radius 1 is 1.14 bits per heavy atom. The summed E-state index contributed by atoms with van der Waals surface area (Å²) in [6.07, 6.45) is 1.75. The normalized spacial score (nSPS) is 24.3. The predicted molar refractivity (Wildman–Crippen MR) is 101 cm³/mol. The number of aromatic hydroxyl groups is 1. The number of benzene rings is 2. The Morgan fingerprint density at radius 2 is 1.86 bits per heavy atom. The van der Waals surface area contributed by atoms with E-state index >= 15 is 0 Å². The van der Waals surface area contributed by atoms with Gasteiger partial charge >= 0.3 is 0 Å². The maximum absolute atomic E-state index is 13.2. The van der Waals surface area contributed by atoms with Crippen molar-refractivity contribution in [3.05, 3.63) is 65.5 Å². The highest BCUT2D eigenvalue weighted by molar-refractivity contribution is 5.96. The number of carbonyl (C=O) groups is 1. The average molecular weight is 385 g/mol. The van der Waals surface area contributed by atoms with Crippen LogP contribution in [0.1, 0.15) is 47.7 Å². The van der Waals surface area contributed by atoms with Gasteiger partial charge in [0, 0.05) is 32.0 Å². The molecule has 2 aliphatic rings. The molecule has 0 aliphatic carbocycles. The van der Waals surface area contributed by atoms with Crippen LogP contribution in [-0.2, 0) is 4.74 Å². The summed E-state index contributed by atoms with van der Waals surface area (Å²) in [5.41, 5.74) is 0.694. The molecule has 2 aromatic carbocycles. The van der Waals surface area contributed by atoms with Crippen molar-refractivity contribution in [3.8, 4) is 5.75 Å². The summed E-state index contributed by atoms with van der Waals surface area (Å²) in [5.74, 6) is -1.25. The Bertz CT molecular complexity index is 849. The van der Waals surface area contributed by atoms with E-state index < -0.39 is 17.5 Å². The Kier molecular flexibility index (Phi) is 5.08. The molecule has 2 aromatic rings. The van der Waals surface area contributed by atoms with Crippen LogP contribution in [0.4, 0.5) is 4.39 Å². The van der Waals surface area contributed by atoms with E-state index in [0.717, 1.165) is 11.6 Å². The lowest BCUT2D eigenvalue weighted by atomic mass is 9.80. The molecule has 0 unspecified atom stereocenters. The van der Waals surface area contributed by atoms with Crippen LogP contribution in [0, 0.1) is 5.82 Å². The third kappa shape index (κ3) is 3.75. The number of amides is 1. The number of likely N-dealkylation sites (tertiary alicyclic amines) is 1. The number of hydrogen-bond acceptors (Lipinski definition) is 4. The number of aliphatic hydroxyl groups excluding tert-OH is 1. The minimum absolute atomic E-state index is 0.101. The van der Waals surface area contributed by atoms with Crippen molar-refractivity contribution < 1.29 is 24.1 Å². The third-order valence-electron chi connectivity index (χ3n) is 5.81. The SMILES string of the molecule is O=C(c1ccc(F)cc1O)N1CCC2(CC1)C[C@@H](O)C[C@H](c1ccccc1)O2. The van der Waals surface area contributed by atoms with Crippen LogP contribution >= 0.6 is 0 Å². The maximum Gasteiger partial charge on any atom is 0.257 e.